The van der Waals surface area contributed by atoms with E-state index in [-0.39, 0.29) is 0 Å². The molecule has 1 aliphatic heterocycles. The largest absolute Gasteiger partial charge is 0.533 e. The topological polar surface area (TPSA) is 58.6 Å². The first-order chi connectivity index (χ1) is 5.76. The first-order valence-corrected chi connectivity index (χ1v) is 3.39. The van der Waals surface area contributed by atoms with E-state index in [1.807, 2.05) is 0 Å². The Morgan fingerprint density at radius 2 is 2.33 bits per heavy atom. The Bertz CT molecular complexity index is 266. The van der Waals surface area contributed by atoms with E-state index in [0.29, 0.717) is 5.76 Å². The van der Waals surface area contributed by atoms with Gasteiger partial charge in [-0.15, -0.1) is 0 Å². The molecule has 0 fully saturated rings. The van der Waals surface area contributed by atoms with Crippen LogP contribution in [0.25, 0.3) is 4.98 Å². The molecule has 0 saturated carbocycles. The molecular formula is C7H10N3O2+. The van der Waals surface area contributed by atoms with Gasteiger partial charge in [0.2, 0.25) is 5.39 Å². The third-order valence-corrected chi connectivity index (χ3v) is 1.57. The van der Waals surface area contributed by atoms with Crippen molar-refractivity contribution in [1.82, 2.24) is 5.32 Å². The molecule has 64 valence electrons. The fourth-order valence-electron chi connectivity index (χ4n) is 0.869. The predicted octanol–water partition coefficient (Wildman–Crippen LogP) is 0.787. The molecule has 1 rings (SSSR count). The molecule has 5 heteroatoms. The molecule has 0 aromatic heterocycles. The van der Waals surface area contributed by atoms with Crippen LogP contribution in [0.3, 0.4) is 0 Å². The van der Waals surface area contributed by atoms with E-state index in [9.17, 15) is 0 Å². The van der Waals surface area contributed by atoms with Gasteiger partial charge >= 0.3 is 5.85 Å². The SMILES string of the molecule is COC1=CC([N+]#N)(OC)NC=C1. The summed E-state index contributed by atoms with van der Waals surface area (Å²) in [5.74, 6) is -0.631. The number of nitrogens with one attached hydrogen (secondary N) is 1. The average Bonchev–Trinajstić information content (AvgIpc) is 2.18. The minimum atomic E-state index is -1.21. The molecule has 0 aromatic carbocycles. The van der Waals surface area contributed by atoms with Crippen LogP contribution in [0.15, 0.2) is 24.1 Å². The van der Waals surface area contributed by atoms with Crippen molar-refractivity contribution < 1.29 is 9.47 Å². The molecule has 0 amide bonds. The van der Waals surface area contributed by atoms with Crippen LogP contribution in [-0.2, 0) is 9.47 Å². The molecule has 1 N–H and O–H groups in total. The van der Waals surface area contributed by atoms with E-state index in [1.165, 1.54) is 20.3 Å². The Balaban J connectivity index is 2.90. The molecule has 0 aliphatic carbocycles. The van der Waals surface area contributed by atoms with Gasteiger partial charge in [0.25, 0.3) is 0 Å². The first kappa shape index (κ1) is 8.56. The van der Waals surface area contributed by atoms with E-state index in [1.54, 1.807) is 12.3 Å². The zero-order valence-electron chi connectivity index (χ0n) is 6.94. The van der Waals surface area contributed by atoms with Gasteiger partial charge in [0.1, 0.15) is 11.8 Å². The lowest BCUT2D eigenvalue weighted by Gasteiger charge is -2.14. The Morgan fingerprint density at radius 1 is 1.58 bits per heavy atom. The van der Waals surface area contributed by atoms with Crippen molar-refractivity contribution >= 4 is 0 Å². The van der Waals surface area contributed by atoms with Crippen molar-refractivity contribution in [2.45, 2.75) is 5.85 Å². The van der Waals surface area contributed by atoms with Crippen molar-refractivity contribution in [3.05, 3.63) is 29.1 Å². The molecule has 0 radical (unpaired) electrons. The van der Waals surface area contributed by atoms with Gasteiger partial charge in [0, 0.05) is 13.3 Å². The van der Waals surface area contributed by atoms with E-state index in [0.717, 1.165) is 0 Å². The smallest absolute Gasteiger partial charge is 0.497 e. The molecular weight excluding hydrogens is 158 g/mol. The maximum atomic E-state index is 8.66. The molecule has 1 unspecified atom stereocenters. The molecule has 0 aromatic rings. The number of allylic oxidation sites excluding steroid dienone is 1. The van der Waals surface area contributed by atoms with Crippen molar-refractivity contribution in [3.63, 3.8) is 0 Å². The van der Waals surface area contributed by atoms with Crippen LogP contribution >= 0.6 is 0 Å². The van der Waals surface area contributed by atoms with Gasteiger partial charge in [0.15, 0.2) is 4.98 Å². The highest BCUT2D eigenvalue weighted by Gasteiger charge is 2.43. The van der Waals surface area contributed by atoms with E-state index in [2.05, 4.69) is 10.3 Å². The van der Waals surface area contributed by atoms with Gasteiger partial charge in [0.05, 0.1) is 7.11 Å². The Hall–Kier alpha value is -1.54. The summed E-state index contributed by atoms with van der Waals surface area (Å²) in [5, 5.41) is 11.4. The minimum absolute atomic E-state index is 0.577. The summed E-state index contributed by atoms with van der Waals surface area (Å²) in [4.78, 5) is 3.05. The summed E-state index contributed by atoms with van der Waals surface area (Å²) >= 11 is 0. The van der Waals surface area contributed by atoms with Crippen LogP contribution in [0.5, 0.6) is 0 Å². The molecule has 1 atom stereocenters. The summed E-state index contributed by atoms with van der Waals surface area (Å²) in [5.41, 5.74) is 0. The van der Waals surface area contributed by atoms with Gasteiger partial charge < -0.3 is 4.74 Å². The lowest BCUT2D eigenvalue weighted by Crippen LogP contribution is -2.40. The van der Waals surface area contributed by atoms with Gasteiger partial charge in [-0.25, -0.2) is 0 Å². The Labute approximate surface area is 70.3 Å². The van der Waals surface area contributed by atoms with Gasteiger partial charge in [-0.2, -0.15) is 0 Å². The summed E-state index contributed by atoms with van der Waals surface area (Å²) in [7, 11) is 2.95. The number of rotatable bonds is 2. The second kappa shape index (κ2) is 3.24. The minimum Gasteiger partial charge on any atom is -0.497 e. The zero-order chi connectivity index (χ0) is 9.03. The van der Waals surface area contributed by atoms with Gasteiger partial charge in [-0.3, -0.25) is 10.1 Å². The molecule has 1 heterocycles. The van der Waals surface area contributed by atoms with Gasteiger partial charge in [-0.1, -0.05) is 0 Å². The number of nitrogens with zero attached hydrogens (tertiary/aromatic N) is 2. The Kier molecular flexibility index (Phi) is 2.31. The summed E-state index contributed by atoms with van der Waals surface area (Å²) in [6.07, 6.45) is 4.80. The van der Waals surface area contributed by atoms with E-state index < -0.39 is 5.85 Å². The van der Waals surface area contributed by atoms with Crippen molar-refractivity contribution in [3.8, 4) is 0 Å². The molecule has 0 bridgehead atoms. The second-order valence-electron chi connectivity index (χ2n) is 2.23. The van der Waals surface area contributed by atoms with Crippen LogP contribution in [0, 0.1) is 5.39 Å². The Morgan fingerprint density at radius 3 is 2.83 bits per heavy atom. The fourth-order valence-corrected chi connectivity index (χ4v) is 0.869. The summed E-state index contributed by atoms with van der Waals surface area (Å²) in [6.45, 7) is 0. The lowest BCUT2D eigenvalue weighted by molar-refractivity contribution is 0.0464. The lowest BCUT2D eigenvalue weighted by atomic mass is 10.2. The van der Waals surface area contributed by atoms with Crippen LogP contribution in [0.1, 0.15) is 0 Å². The fraction of sp³-hybridized carbons (Fsp3) is 0.429. The molecule has 5 nitrogen and oxygen atoms in total. The quantitative estimate of drug-likeness (QED) is 0.619. The van der Waals surface area contributed by atoms with Crippen LogP contribution < -0.4 is 5.32 Å². The average molecular weight is 168 g/mol. The van der Waals surface area contributed by atoms with Crippen LogP contribution in [-0.4, -0.2) is 20.1 Å². The zero-order valence-corrected chi connectivity index (χ0v) is 6.94. The van der Waals surface area contributed by atoms with E-state index >= 15 is 0 Å². The molecule has 12 heavy (non-hydrogen) atoms. The first-order valence-electron chi connectivity index (χ1n) is 3.39. The molecule has 1 aliphatic rings. The van der Waals surface area contributed by atoms with Gasteiger partial charge in [-0.05, 0) is 6.08 Å². The third kappa shape index (κ3) is 1.38. The molecule has 0 saturated heterocycles. The number of methoxy groups -OCH3 is 2. The maximum absolute atomic E-state index is 8.66. The van der Waals surface area contributed by atoms with Crippen molar-refractivity contribution in [1.29, 1.82) is 5.39 Å². The summed E-state index contributed by atoms with van der Waals surface area (Å²) in [6, 6.07) is 0. The van der Waals surface area contributed by atoms with Crippen LogP contribution in [0.4, 0.5) is 0 Å². The highest BCUT2D eigenvalue weighted by atomic mass is 16.5. The maximum Gasteiger partial charge on any atom is 0.533 e. The third-order valence-electron chi connectivity index (χ3n) is 1.57. The monoisotopic (exact) mass is 168 g/mol. The van der Waals surface area contributed by atoms with Crippen molar-refractivity contribution in [2.75, 3.05) is 14.2 Å². The van der Waals surface area contributed by atoms with Crippen molar-refractivity contribution in [2.24, 2.45) is 0 Å². The number of dihydropyridines is 1. The van der Waals surface area contributed by atoms with Crippen LogP contribution in [0.2, 0.25) is 0 Å². The standard InChI is InChI=1S/C7H10N3O2/c1-11-6-3-4-9-7(5-6,10-8)12-2/h3-5,9H,1-2H3/q+1. The highest BCUT2D eigenvalue weighted by molar-refractivity contribution is 5.24. The normalized spacial score (nSPS) is 26.9. The number of hydrogen-bond acceptors (Lipinski definition) is 4. The van der Waals surface area contributed by atoms with E-state index in [4.69, 9.17) is 14.9 Å². The number of diazo groups is 1. The number of ether oxygens (including phenoxy) is 2. The predicted molar refractivity (Wildman–Crippen MR) is 42.2 cm³/mol. The second-order valence-corrected chi connectivity index (χ2v) is 2.23. The summed E-state index contributed by atoms with van der Waals surface area (Å²) < 4.78 is 9.86. The molecule has 0 spiro atoms. The highest BCUT2D eigenvalue weighted by Crippen LogP contribution is 2.17. The number of hydrogen-bond donors (Lipinski definition) is 1.